The van der Waals surface area contributed by atoms with Gasteiger partial charge < -0.3 is 5.32 Å². The maximum Gasteiger partial charge on any atom is 0.224 e. The van der Waals surface area contributed by atoms with Gasteiger partial charge in [-0.1, -0.05) is 45.0 Å². The van der Waals surface area contributed by atoms with Crippen LogP contribution in [0.3, 0.4) is 0 Å². The highest BCUT2D eigenvalue weighted by Gasteiger charge is 2.31. The van der Waals surface area contributed by atoms with E-state index >= 15 is 0 Å². The molecule has 0 aliphatic carbocycles. The van der Waals surface area contributed by atoms with E-state index in [1.165, 1.54) is 9.87 Å². The zero-order valence-electron chi connectivity index (χ0n) is 16.6. The van der Waals surface area contributed by atoms with Gasteiger partial charge in [0.15, 0.2) is 0 Å². The van der Waals surface area contributed by atoms with Crippen LogP contribution < -0.4 is 5.32 Å². The summed E-state index contributed by atoms with van der Waals surface area (Å²) in [6.07, 6.45) is 1.46. The largest absolute Gasteiger partial charge is 0.349 e. The van der Waals surface area contributed by atoms with Crippen molar-refractivity contribution in [2.75, 3.05) is 18.8 Å². The molecule has 1 saturated heterocycles. The van der Waals surface area contributed by atoms with Crippen LogP contribution in [0.15, 0.2) is 24.3 Å². The Morgan fingerprint density at radius 2 is 1.88 bits per heavy atom. The smallest absolute Gasteiger partial charge is 0.224 e. The van der Waals surface area contributed by atoms with Crippen LogP contribution in [0.1, 0.15) is 64.6 Å². The molecule has 1 aliphatic rings. The molecule has 0 aromatic heterocycles. The van der Waals surface area contributed by atoms with Gasteiger partial charge in [-0.2, -0.15) is 0 Å². The number of amides is 1. The Labute approximate surface area is 158 Å². The second-order valence-corrected chi connectivity index (χ2v) is 10.5. The van der Waals surface area contributed by atoms with Crippen molar-refractivity contribution < 1.29 is 13.2 Å². The average molecular weight is 381 g/mol. The van der Waals surface area contributed by atoms with Crippen molar-refractivity contribution in [1.29, 1.82) is 0 Å². The van der Waals surface area contributed by atoms with Crippen molar-refractivity contribution in [2.24, 2.45) is 5.92 Å². The number of sulfonamides is 1. The molecule has 146 valence electrons. The lowest BCUT2D eigenvalue weighted by atomic mass is 9.86. The van der Waals surface area contributed by atoms with Gasteiger partial charge in [-0.3, -0.25) is 4.79 Å². The third-order valence-electron chi connectivity index (χ3n) is 5.15. The summed E-state index contributed by atoms with van der Waals surface area (Å²) in [5, 5.41) is 3.05. The van der Waals surface area contributed by atoms with Crippen molar-refractivity contribution in [3.8, 4) is 0 Å². The van der Waals surface area contributed by atoms with E-state index in [2.05, 4.69) is 50.4 Å². The van der Waals surface area contributed by atoms with Crippen LogP contribution >= 0.6 is 0 Å². The van der Waals surface area contributed by atoms with Gasteiger partial charge in [0.05, 0.1) is 17.7 Å². The van der Waals surface area contributed by atoms with Crippen LogP contribution in [0.5, 0.6) is 0 Å². The van der Waals surface area contributed by atoms with Crippen molar-refractivity contribution in [1.82, 2.24) is 9.62 Å². The first-order chi connectivity index (χ1) is 12.0. The van der Waals surface area contributed by atoms with Gasteiger partial charge >= 0.3 is 0 Å². The van der Waals surface area contributed by atoms with E-state index < -0.39 is 10.0 Å². The first kappa shape index (κ1) is 20.9. The molecule has 2 atom stereocenters. The molecule has 1 amide bonds. The first-order valence-corrected chi connectivity index (χ1v) is 11.0. The second-order valence-electron chi connectivity index (χ2n) is 8.20. The second kappa shape index (κ2) is 8.09. The van der Waals surface area contributed by atoms with Crippen molar-refractivity contribution in [2.45, 2.75) is 58.9 Å². The summed E-state index contributed by atoms with van der Waals surface area (Å²) in [4.78, 5) is 12.6. The fraction of sp³-hybridized carbons (Fsp3) is 0.650. The third-order valence-corrected chi connectivity index (χ3v) is 7.00. The van der Waals surface area contributed by atoms with E-state index in [-0.39, 0.29) is 35.6 Å². The zero-order valence-corrected chi connectivity index (χ0v) is 17.4. The molecule has 1 aliphatic heterocycles. The van der Waals surface area contributed by atoms with Crippen LogP contribution in [-0.2, 0) is 20.2 Å². The molecule has 6 heteroatoms. The molecule has 26 heavy (non-hydrogen) atoms. The first-order valence-electron chi connectivity index (χ1n) is 9.43. The number of nitrogens with one attached hydrogen (secondary N) is 1. The van der Waals surface area contributed by atoms with Gasteiger partial charge in [-0.15, -0.1) is 0 Å². The summed E-state index contributed by atoms with van der Waals surface area (Å²) >= 11 is 0. The Hall–Kier alpha value is -1.40. The molecule has 0 spiro atoms. The molecule has 0 bridgehead atoms. The van der Waals surface area contributed by atoms with Crippen molar-refractivity contribution >= 4 is 15.9 Å². The van der Waals surface area contributed by atoms with E-state index in [0.717, 1.165) is 18.4 Å². The van der Waals surface area contributed by atoms with E-state index in [9.17, 15) is 13.2 Å². The lowest BCUT2D eigenvalue weighted by Gasteiger charge is -2.31. The van der Waals surface area contributed by atoms with Crippen LogP contribution in [0, 0.1) is 5.92 Å². The number of piperidine rings is 1. The third kappa shape index (κ3) is 5.07. The molecule has 0 saturated carbocycles. The Balaban J connectivity index is 2.00. The lowest BCUT2D eigenvalue weighted by Crippen LogP contribution is -2.46. The van der Waals surface area contributed by atoms with Crippen molar-refractivity contribution in [3.05, 3.63) is 35.4 Å². The minimum Gasteiger partial charge on any atom is -0.349 e. The molecule has 1 aromatic rings. The summed E-state index contributed by atoms with van der Waals surface area (Å²) in [7, 11) is -3.23. The highest BCUT2D eigenvalue weighted by molar-refractivity contribution is 7.89. The Kier molecular flexibility index (Phi) is 6.51. The van der Waals surface area contributed by atoms with Gasteiger partial charge in [0.1, 0.15) is 0 Å². The predicted molar refractivity (Wildman–Crippen MR) is 105 cm³/mol. The number of rotatable bonds is 5. The minimum absolute atomic E-state index is 0.0617. The van der Waals surface area contributed by atoms with Gasteiger partial charge in [0.25, 0.3) is 0 Å². The highest BCUT2D eigenvalue weighted by atomic mass is 32.2. The molecule has 5 nitrogen and oxygen atoms in total. The fourth-order valence-corrected chi connectivity index (χ4v) is 4.46. The number of hydrogen-bond donors (Lipinski definition) is 1. The molecule has 1 heterocycles. The Bertz CT molecular complexity index is 720. The van der Waals surface area contributed by atoms with E-state index in [4.69, 9.17) is 0 Å². The van der Waals surface area contributed by atoms with Crippen LogP contribution in [0.2, 0.25) is 0 Å². The normalized spacial score (nSPS) is 20.6. The van der Waals surface area contributed by atoms with Crippen molar-refractivity contribution in [3.63, 3.8) is 0 Å². The van der Waals surface area contributed by atoms with Gasteiger partial charge in [-0.25, -0.2) is 12.7 Å². The van der Waals surface area contributed by atoms with Gasteiger partial charge in [0.2, 0.25) is 15.9 Å². The average Bonchev–Trinajstić information content (AvgIpc) is 2.61. The number of hydrogen-bond acceptors (Lipinski definition) is 3. The quantitative estimate of drug-likeness (QED) is 0.853. The number of nitrogens with zero attached hydrogens (tertiary/aromatic N) is 1. The summed E-state index contributed by atoms with van der Waals surface area (Å²) < 4.78 is 25.6. The zero-order chi connectivity index (χ0) is 19.5. The van der Waals surface area contributed by atoms with E-state index in [0.29, 0.717) is 6.54 Å². The van der Waals surface area contributed by atoms with Crippen LogP contribution in [0.25, 0.3) is 0 Å². The highest BCUT2D eigenvalue weighted by Crippen LogP contribution is 2.25. The number of carbonyl (C=O) groups is 1. The molecule has 1 aromatic carbocycles. The van der Waals surface area contributed by atoms with Gasteiger partial charge in [-0.05, 0) is 43.2 Å². The Morgan fingerprint density at radius 1 is 1.27 bits per heavy atom. The molecule has 0 radical (unpaired) electrons. The molecule has 1 fully saturated rings. The van der Waals surface area contributed by atoms with Crippen LogP contribution in [-0.4, -0.2) is 37.5 Å². The fourth-order valence-electron chi connectivity index (χ4n) is 3.28. The lowest BCUT2D eigenvalue weighted by molar-refractivity contribution is -0.126. The van der Waals surface area contributed by atoms with E-state index in [1.54, 1.807) is 6.92 Å². The SMILES string of the molecule is CCS(=O)(=O)N1CCC[C@H](C(=O)N[C@@H](C)c2ccc(C(C)(C)C)cc2)C1. The van der Waals surface area contributed by atoms with Gasteiger partial charge in [0, 0.05) is 13.1 Å². The maximum absolute atomic E-state index is 12.6. The molecule has 2 rings (SSSR count). The number of carbonyl (C=O) groups excluding carboxylic acids is 1. The predicted octanol–water partition coefficient (Wildman–Crippen LogP) is 3.22. The maximum atomic E-state index is 12.6. The minimum atomic E-state index is -3.23. The summed E-state index contributed by atoms with van der Waals surface area (Å²) in [6, 6.07) is 8.22. The van der Waals surface area contributed by atoms with Crippen LogP contribution in [0.4, 0.5) is 0 Å². The molecular formula is C20H32N2O3S. The van der Waals surface area contributed by atoms with E-state index in [1.807, 2.05) is 6.92 Å². The standard InChI is InChI=1S/C20H32N2O3S/c1-6-26(24,25)22-13-7-8-17(14-22)19(23)21-15(2)16-9-11-18(12-10-16)20(3,4)5/h9-12,15,17H,6-8,13-14H2,1-5H3,(H,21,23)/t15-,17-/m0/s1. The topological polar surface area (TPSA) is 66.5 Å². The monoisotopic (exact) mass is 380 g/mol. The molecular weight excluding hydrogens is 348 g/mol. The Morgan fingerprint density at radius 3 is 2.42 bits per heavy atom. The summed E-state index contributed by atoms with van der Waals surface area (Å²) in [5.41, 5.74) is 2.41. The molecule has 0 unspecified atom stereocenters. The summed E-state index contributed by atoms with van der Waals surface area (Å²) in [5.74, 6) is -0.257. The molecule has 1 N–H and O–H groups in total. The summed E-state index contributed by atoms with van der Waals surface area (Å²) in [6.45, 7) is 10.9. The number of benzene rings is 1.